The molecule has 0 amide bonds. The highest BCUT2D eigenvalue weighted by molar-refractivity contribution is 7.92. The van der Waals surface area contributed by atoms with Gasteiger partial charge in [0.1, 0.15) is 0 Å². The molecular formula is C11H9NO4S2. The molecule has 0 bridgehead atoms. The number of aromatic carboxylic acids is 1. The van der Waals surface area contributed by atoms with Crippen LogP contribution in [-0.2, 0) is 10.0 Å². The summed E-state index contributed by atoms with van der Waals surface area (Å²) in [6.45, 7) is 0. The van der Waals surface area contributed by atoms with Crippen LogP contribution >= 0.6 is 11.3 Å². The molecule has 0 unspecified atom stereocenters. The van der Waals surface area contributed by atoms with Crippen molar-refractivity contribution >= 4 is 33.0 Å². The number of hydrogen-bond acceptors (Lipinski definition) is 4. The van der Waals surface area contributed by atoms with E-state index >= 15 is 0 Å². The third-order valence-electron chi connectivity index (χ3n) is 2.18. The number of rotatable bonds is 4. The first-order valence-corrected chi connectivity index (χ1v) is 7.30. The van der Waals surface area contributed by atoms with Gasteiger partial charge in [-0.3, -0.25) is 4.72 Å². The molecule has 0 saturated carbocycles. The molecule has 18 heavy (non-hydrogen) atoms. The summed E-state index contributed by atoms with van der Waals surface area (Å²) in [5, 5.41) is 12.1. The highest BCUT2D eigenvalue weighted by Gasteiger charge is 2.14. The van der Waals surface area contributed by atoms with Gasteiger partial charge < -0.3 is 5.11 Å². The minimum atomic E-state index is -3.66. The van der Waals surface area contributed by atoms with Crippen LogP contribution in [0.25, 0.3) is 0 Å². The molecule has 1 aromatic heterocycles. The second-order valence-electron chi connectivity index (χ2n) is 3.45. The fourth-order valence-corrected chi connectivity index (χ4v) is 3.03. The number of carbonyl (C=O) groups is 1. The van der Waals surface area contributed by atoms with E-state index in [4.69, 9.17) is 5.11 Å². The fraction of sp³-hybridized carbons (Fsp3) is 0. The summed E-state index contributed by atoms with van der Waals surface area (Å²) in [6.07, 6.45) is 0. The van der Waals surface area contributed by atoms with Crippen molar-refractivity contribution in [3.63, 3.8) is 0 Å². The predicted molar refractivity (Wildman–Crippen MR) is 68.5 cm³/mol. The van der Waals surface area contributed by atoms with Crippen LogP contribution < -0.4 is 4.72 Å². The minimum Gasteiger partial charge on any atom is -0.478 e. The average molecular weight is 283 g/mol. The van der Waals surface area contributed by atoms with Gasteiger partial charge in [-0.25, -0.2) is 13.2 Å². The van der Waals surface area contributed by atoms with Crippen molar-refractivity contribution in [3.05, 3.63) is 46.7 Å². The number of thiophene rings is 1. The van der Waals surface area contributed by atoms with Gasteiger partial charge in [0, 0.05) is 5.38 Å². The first-order valence-electron chi connectivity index (χ1n) is 4.87. The summed E-state index contributed by atoms with van der Waals surface area (Å²) < 4.78 is 26.3. The summed E-state index contributed by atoms with van der Waals surface area (Å²) in [4.78, 5) is 10.7. The van der Waals surface area contributed by atoms with Gasteiger partial charge in [0.15, 0.2) is 0 Å². The lowest BCUT2D eigenvalue weighted by atomic mass is 10.2. The Morgan fingerprint density at radius 1 is 1.17 bits per heavy atom. The summed E-state index contributed by atoms with van der Waals surface area (Å²) in [7, 11) is -3.66. The SMILES string of the molecule is O=C(O)c1ccc(S(=O)(=O)Nc2ccsc2)cc1. The van der Waals surface area contributed by atoms with Gasteiger partial charge in [0.2, 0.25) is 0 Å². The molecule has 2 rings (SSSR count). The van der Waals surface area contributed by atoms with Crippen molar-refractivity contribution in [3.8, 4) is 0 Å². The predicted octanol–water partition coefficient (Wildman–Crippen LogP) is 2.25. The molecule has 2 aromatic rings. The summed E-state index contributed by atoms with van der Waals surface area (Å²) >= 11 is 1.38. The Bertz CT molecular complexity index is 645. The molecule has 0 aliphatic rings. The first-order chi connectivity index (χ1) is 8.49. The van der Waals surface area contributed by atoms with E-state index in [0.29, 0.717) is 5.69 Å². The van der Waals surface area contributed by atoms with Crippen LogP contribution in [0.1, 0.15) is 10.4 Å². The van der Waals surface area contributed by atoms with Crippen LogP contribution in [0.15, 0.2) is 46.0 Å². The maximum Gasteiger partial charge on any atom is 0.335 e. The molecule has 5 nitrogen and oxygen atoms in total. The zero-order valence-corrected chi connectivity index (χ0v) is 10.7. The van der Waals surface area contributed by atoms with Gasteiger partial charge in [-0.05, 0) is 35.7 Å². The van der Waals surface area contributed by atoms with Gasteiger partial charge >= 0.3 is 5.97 Å². The van der Waals surface area contributed by atoms with Crippen molar-refractivity contribution in [2.45, 2.75) is 4.90 Å². The Kier molecular flexibility index (Phi) is 3.35. The number of benzene rings is 1. The Hall–Kier alpha value is -1.86. The van der Waals surface area contributed by atoms with E-state index in [9.17, 15) is 13.2 Å². The zero-order valence-electron chi connectivity index (χ0n) is 9.03. The van der Waals surface area contributed by atoms with E-state index in [-0.39, 0.29) is 10.5 Å². The Morgan fingerprint density at radius 2 is 1.83 bits per heavy atom. The molecule has 0 radical (unpaired) electrons. The molecule has 0 fully saturated rings. The molecule has 0 saturated heterocycles. The van der Waals surface area contributed by atoms with E-state index in [1.54, 1.807) is 16.8 Å². The quantitative estimate of drug-likeness (QED) is 0.901. The number of nitrogens with one attached hydrogen (secondary N) is 1. The lowest BCUT2D eigenvalue weighted by Gasteiger charge is -2.06. The average Bonchev–Trinajstić information content (AvgIpc) is 2.81. The molecule has 1 aromatic carbocycles. The van der Waals surface area contributed by atoms with Gasteiger partial charge in [0.25, 0.3) is 10.0 Å². The molecule has 0 spiro atoms. The van der Waals surface area contributed by atoms with E-state index in [2.05, 4.69) is 4.72 Å². The molecular weight excluding hydrogens is 274 g/mol. The lowest BCUT2D eigenvalue weighted by molar-refractivity contribution is 0.0697. The summed E-state index contributed by atoms with van der Waals surface area (Å²) in [5.41, 5.74) is 0.534. The van der Waals surface area contributed by atoms with Crippen molar-refractivity contribution in [1.29, 1.82) is 0 Å². The minimum absolute atomic E-state index is 0.0266. The maximum atomic E-state index is 11.9. The fourth-order valence-electron chi connectivity index (χ4n) is 1.31. The van der Waals surface area contributed by atoms with Gasteiger partial charge in [-0.15, -0.1) is 0 Å². The third-order valence-corrected chi connectivity index (χ3v) is 4.27. The molecule has 2 N–H and O–H groups in total. The monoisotopic (exact) mass is 283 g/mol. The number of carboxylic acids is 1. The standard InChI is InChI=1S/C11H9NO4S2/c13-11(14)8-1-3-10(4-2-8)18(15,16)12-9-5-6-17-7-9/h1-7,12H,(H,13,14). The maximum absolute atomic E-state index is 11.9. The van der Waals surface area contributed by atoms with E-state index in [1.807, 2.05) is 0 Å². The molecule has 0 aliphatic heterocycles. The van der Waals surface area contributed by atoms with E-state index in [0.717, 1.165) is 0 Å². The summed E-state index contributed by atoms with van der Waals surface area (Å²) in [5.74, 6) is -1.09. The highest BCUT2D eigenvalue weighted by Crippen LogP contribution is 2.18. The summed E-state index contributed by atoms with van der Waals surface area (Å²) in [6, 6.07) is 6.68. The van der Waals surface area contributed by atoms with E-state index in [1.165, 1.54) is 35.6 Å². The third kappa shape index (κ3) is 2.69. The normalized spacial score (nSPS) is 11.1. The van der Waals surface area contributed by atoms with Crippen molar-refractivity contribution in [2.24, 2.45) is 0 Å². The second kappa shape index (κ2) is 4.79. The van der Waals surface area contributed by atoms with Gasteiger partial charge in [-0.2, -0.15) is 11.3 Å². The van der Waals surface area contributed by atoms with Crippen LogP contribution in [0.2, 0.25) is 0 Å². The molecule has 7 heteroatoms. The van der Waals surface area contributed by atoms with Crippen LogP contribution in [0.4, 0.5) is 5.69 Å². The highest BCUT2D eigenvalue weighted by atomic mass is 32.2. The zero-order chi connectivity index (χ0) is 13.2. The van der Waals surface area contributed by atoms with Gasteiger partial charge in [-0.1, -0.05) is 0 Å². The van der Waals surface area contributed by atoms with Crippen LogP contribution in [0.5, 0.6) is 0 Å². The molecule has 0 aliphatic carbocycles. The molecule has 94 valence electrons. The molecule has 0 atom stereocenters. The first kappa shape index (κ1) is 12.6. The largest absolute Gasteiger partial charge is 0.478 e. The Balaban J connectivity index is 2.27. The van der Waals surface area contributed by atoms with Crippen molar-refractivity contribution in [1.82, 2.24) is 0 Å². The van der Waals surface area contributed by atoms with Crippen LogP contribution in [0.3, 0.4) is 0 Å². The van der Waals surface area contributed by atoms with Crippen LogP contribution in [-0.4, -0.2) is 19.5 Å². The number of carboxylic acid groups (broad SMARTS) is 1. The Labute approximate surface area is 108 Å². The van der Waals surface area contributed by atoms with E-state index < -0.39 is 16.0 Å². The topological polar surface area (TPSA) is 83.5 Å². The lowest BCUT2D eigenvalue weighted by Crippen LogP contribution is -2.12. The van der Waals surface area contributed by atoms with Gasteiger partial charge in [0.05, 0.1) is 16.1 Å². The van der Waals surface area contributed by atoms with Crippen LogP contribution in [0, 0.1) is 0 Å². The van der Waals surface area contributed by atoms with Crippen molar-refractivity contribution in [2.75, 3.05) is 4.72 Å². The smallest absolute Gasteiger partial charge is 0.335 e. The molecule has 1 heterocycles. The Morgan fingerprint density at radius 3 is 2.33 bits per heavy atom. The van der Waals surface area contributed by atoms with Crippen molar-refractivity contribution < 1.29 is 18.3 Å². The number of anilines is 1. The number of hydrogen-bond donors (Lipinski definition) is 2. The second-order valence-corrected chi connectivity index (χ2v) is 5.91. The number of sulfonamides is 1.